The molecular weight excluding hydrogens is 388 g/mol. The van der Waals surface area contributed by atoms with Crippen LogP contribution >= 0.6 is 0 Å². The summed E-state index contributed by atoms with van der Waals surface area (Å²) in [5, 5.41) is 12.1. The summed E-state index contributed by atoms with van der Waals surface area (Å²) in [5.41, 5.74) is 4.69. The number of piperidine rings is 1. The lowest BCUT2D eigenvalue weighted by atomic mass is 9.45. The molecule has 7 rings (SSSR count). The Kier molecular flexibility index (Phi) is 3.19. The van der Waals surface area contributed by atoms with Crippen molar-refractivity contribution in [2.75, 3.05) is 20.2 Å². The molecule has 2 aliphatic carbocycles. The highest BCUT2D eigenvalue weighted by atomic mass is 16.5. The number of hydrogen-bond acceptors (Lipinski definition) is 4. The summed E-state index contributed by atoms with van der Waals surface area (Å²) >= 11 is 0. The number of nitrogens with zero attached hydrogens (tertiary/aromatic N) is 1. The molecule has 5 heteroatoms. The Morgan fingerprint density at radius 1 is 1.26 bits per heavy atom. The van der Waals surface area contributed by atoms with Crippen molar-refractivity contribution >= 4 is 10.9 Å². The van der Waals surface area contributed by atoms with E-state index in [1.165, 1.54) is 22.1 Å². The third-order valence-electron chi connectivity index (χ3n) is 8.95. The van der Waals surface area contributed by atoms with Crippen molar-refractivity contribution in [1.29, 1.82) is 0 Å². The van der Waals surface area contributed by atoms with E-state index in [4.69, 9.17) is 9.47 Å². The maximum atomic E-state index is 10.9. The molecule has 5 nitrogen and oxygen atoms in total. The Bertz CT molecular complexity index is 1270. The van der Waals surface area contributed by atoms with E-state index in [0.717, 1.165) is 37.0 Å². The first-order chi connectivity index (χ1) is 15.0. The number of fused-ring (bicyclic) bond motifs is 4. The van der Waals surface area contributed by atoms with Crippen LogP contribution in [0.4, 0.5) is 0 Å². The highest BCUT2D eigenvalue weighted by Crippen LogP contribution is 2.71. The van der Waals surface area contributed by atoms with Crippen LogP contribution in [-0.2, 0) is 28.6 Å². The maximum Gasteiger partial charge on any atom is 0.166 e. The van der Waals surface area contributed by atoms with Crippen LogP contribution in [0.15, 0.2) is 36.4 Å². The van der Waals surface area contributed by atoms with Crippen LogP contribution in [0.25, 0.3) is 10.9 Å². The van der Waals surface area contributed by atoms with Crippen LogP contribution in [0, 0.1) is 0 Å². The summed E-state index contributed by atoms with van der Waals surface area (Å²) in [5.74, 6) is 0.905. The molecule has 1 fully saturated rings. The molecular formula is C26H28N2O3. The van der Waals surface area contributed by atoms with E-state index in [0.29, 0.717) is 12.4 Å². The van der Waals surface area contributed by atoms with Crippen molar-refractivity contribution in [3.63, 3.8) is 0 Å². The van der Waals surface area contributed by atoms with Gasteiger partial charge in [0.05, 0.1) is 11.1 Å². The van der Waals surface area contributed by atoms with Gasteiger partial charge in [0.25, 0.3) is 0 Å². The minimum absolute atomic E-state index is 0.240. The number of benzene rings is 2. The fourth-order valence-electron chi connectivity index (χ4n) is 7.86. The smallest absolute Gasteiger partial charge is 0.166 e. The highest BCUT2D eigenvalue weighted by molar-refractivity contribution is 5.86. The van der Waals surface area contributed by atoms with Gasteiger partial charge in [-0.15, -0.1) is 0 Å². The average molecular weight is 417 g/mol. The number of phenolic OH excluding ortho intramolecular Hbond substituents is 1. The first-order valence-corrected chi connectivity index (χ1v) is 11.5. The van der Waals surface area contributed by atoms with E-state index in [-0.39, 0.29) is 17.2 Å². The lowest BCUT2D eigenvalue weighted by Crippen LogP contribution is -2.78. The van der Waals surface area contributed by atoms with Crippen LogP contribution in [0.3, 0.4) is 0 Å². The first-order valence-electron chi connectivity index (χ1n) is 11.5. The summed E-state index contributed by atoms with van der Waals surface area (Å²) < 4.78 is 13.8. The Morgan fingerprint density at radius 2 is 2.10 bits per heavy atom. The second-order valence-corrected chi connectivity index (χ2v) is 9.96. The largest absolute Gasteiger partial charge is 0.504 e. The molecule has 2 bridgehead atoms. The summed E-state index contributed by atoms with van der Waals surface area (Å²) in [6.45, 7) is 5.98. The summed E-state index contributed by atoms with van der Waals surface area (Å²) in [4.78, 5) is 6.23. The molecule has 2 aliphatic heterocycles. The van der Waals surface area contributed by atoms with Crippen molar-refractivity contribution in [3.05, 3.63) is 58.8 Å². The van der Waals surface area contributed by atoms with Gasteiger partial charge in [0.2, 0.25) is 0 Å². The molecule has 0 amide bonds. The van der Waals surface area contributed by atoms with Crippen molar-refractivity contribution in [2.45, 2.75) is 55.8 Å². The van der Waals surface area contributed by atoms with E-state index >= 15 is 0 Å². The second-order valence-electron chi connectivity index (χ2n) is 9.96. The van der Waals surface area contributed by atoms with Crippen LogP contribution in [0.1, 0.15) is 42.7 Å². The van der Waals surface area contributed by atoms with E-state index in [2.05, 4.69) is 61.1 Å². The van der Waals surface area contributed by atoms with Gasteiger partial charge in [-0.1, -0.05) is 24.3 Å². The summed E-state index contributed by atoms with van der Waals surface area (Å²) in [6, 6.07) is 12.7. The summed E-state index contributed by atoms with van der Waals surface area (Å²) in [6.07, 6.45) is 2.70. The number of ether oxygens (including phenoxy) is 2. The molecule has 1 saturated heterocycles. The molecule has 4 aliphatic rings. The van der Waals surface area contributed by atoms with Crippen LogP contribution < -0.4 is 4.74 Å². The van der Waals surface area contributed by atoms with E-state index in [1.54, 1.807) is 6.07 Å². The number of H-pyrrole nitrogens is 1. The van der Waals surface area contributed by atoms with E-state index in [9.17, 15) is 5.11 Å². The number of likely N-dealkylation sites (tertiary alicyclic amines) is 1. The number of aromatic nitrogens is 1. The average Bonchev–Trinajstić information content (AvgIpc) is 3.26. The minimum atomic E-state index is -0.634. The Hall–Kier alpha value is -2.50. The second kappa shape index (κ2) is 5.45. The Balaban J connectivity index is 1.66. The van der Waals surface area contributed by atoms with Crippen molar-refractivity contribution in [2.24, 2.45) is 0 Å². The molecule has 3 aromatic rings. The van der Waals surface area contributed by atoms with Crippen molar-refractivity contribution in [1.82, 2.24) is 9.88 Å². The number of rotatable bonds is 2. The molecule has 0 saturated carbocycles. The fourth-order valence-corrected chi connectivity index (χ4v) is 7.86. The maximum absolute atomic E-state index is 10.9. The monoisotopic (exact) mass is 416 g/mol. The zero-order chi connectivity index (χ0) is 21.2. The number of likely N-dealkylation sites (N-methyl/N-ethyl adjacent to an activating group) is 1. The number of para-hydroxylation sites is 1. The van der Waals surface area contributed by atoms with Crippen molar-refractivity contribution < 1.29 is 14.6 Å². The zero-order valence-electron chi connectivity index (χ0n) is 18.3. The Labute approximate surface area is 182 Å². The summed E-state index contributed by atoms with van der Waals surface area (Å²) in [7, 11) is 2.24. The number of aromatic amines is 1. The molecule has 1 unspecified atom stereocenters. The van der Waals surface area contributed by atoms with Crippen LogP contribution in [0.2, 0.25) is 0 Å². The molecule has 2 aromatic carbocycles. The molecule has 160 valence electrons. The molecule has 31 heavy (non-hydrogen) atoms. The molecule has 1 aromatic heterocycles. The van der Waals surface area contributed by atoms with Gasteiger partial charge < -0.3 is 24.5 Å². The molecule has 4 atom stereocenters. The van der Waals surface area contributed by atoms with Gasteiger partial charge in [-0.05, 0) is 63.5 Å². The minimum Gasteiger partial charge on any atom is -0.504 e. The number of hydrogen-bond donors (Lipinski definition) is 2. The quantitative estimate of drug-likeness (QED) is 0.663. The van der Waals surface area contributed by atoms with Gasteiger partial charge in [0.1, 0.15) is 5.60 Å². The SMILES string of the molecule is CCO[C@@]12Cc3c([nH]c4ccccc34)[C@]3(C)Oc4c(O)ccc5c4[C@@]31CCN(C)C2C5. The number of phenols is 1. The van der Waals surface area contributed by atoms with Crippen molar-refractivity contribution in [3.8, 4) is 11.5 Å². The van der Waals surface area contributed by atoms with Gasteiger partial charge in [-0.2, -0.15) is 0 Å². The zero-order valence-corrected chi connectivity index (χ0v) is 18.3. The fraction of sp³-hybridized carbons (Fsp3) is 0.462. The number of nitrogens with one attached hydrogen (secondary N) is 1. The standard InChI is InChI=1S/C26H28N2O3/c1-4-30-26-14-17-16-7-5-6-8-18(16)27-23(17)24(2)25(26)11-12-28(3)20(26)13-15-9-10-19(29)22(31-24)21(15)25/h5-10,20,27,29H,4,11-14H2,1-3H3/t20?,24-,25-,26+/m0/s1. The number of aromatic hydroxyl groups is 1. The highest BCUT2D eigenvalue weighted by Gasteiger charge is 2.78. The van der Waals surface area contributed by atoms with Crippen LogP contribution in [0.5, 0.6) is 11.5 Å². The van der Waals surface area contributed by atoms with E-state index in [1.807, 2.05) is 0 Å². The van der Waals surface area contributed by atoms with Gasteiger partial charge in [-0.3, -0.25) is 0 Å². The first kappa shape index (κ1) is 18.1. The van der Waals surface area contributed by atoms with E-state index < -0.39 is 11.2 Å². The van der Waals surface area contributed by atoms with Gasteiger partial charge >= 0.3 is 0 Å². The van der Waals surface area contributed by atoms with Gasteiger partial charge in [0, 0.05) is 35.5 Å². The molecule has 0 radical (unpaired) electrons. The van der Waals surface area contributed by atoms with Gasteiger partial charge in [-0.25, -0.2) is 0 Å². The lowest BCUT2D eigenvalue weighted by molar-refractivity contribution is -0.220. The lowest BCUT2D eigenvalue weighted by Gasteiger charge is -2.66. The Morgan fingerprint density at radius 3 is 2.94 bits per heavy atom. The topological polar surface area (TPSA) is 57.7 Å². The third-order valence-corrected chi connectivity index (χ3v) is 8.95. The molecule has 1 spiro atoms. The molecule has 2 N–H and O–H groups in total. The third kappa shape index (κ3) is 1.74. The predicted octanol–water partition coefficient (Wildman–Crippen LogP) is 4.01. The molecule has 3 heterocycles. The van der Waals surface area contributed by atoms with Gasteiger partial charge in [0.15, 0.2) is 17.1 Å². The van der Waals surface area contributed by atoms with Crippen LogP contribution in [-0.4, -0.2) is 46.8 Å². The predicted molar refractivity (Wildman–Crippen MR) is 119 cm³/mol. The normalized spacial score (nSPS) is 35.0.